The van der Waals surface area contributed by atoms with E-state index in [0.717, 1.165) is 28.1 Å². The van der Waals surface area contributed by atoms with Crippen LogP contribution in [-0.2, 0) is 11.4 Å². The van der Waals surface area contributed by atoms with E-state index in [1.807, 2.05) is 62.4 Å². The van der Waals surface area contributed by atoms with Crippen molar-refractivity contribution in [1.82, 2.24) is 10.2 Å². The van der Waals surface area contributed by atoms with E-state index in [-0.39, 0.29) is 16.4 Å². The summed E-state index contributed by atoms with van der Waals surface area (Å²) in [6.07, 6.45) is 0. The van der Waals surface area contributed by atoms with Gasteiger partial charge in [0.1, 0.15) is 12.4 Å². The second kappa shape index (κ2) is 7.89. The highest BCUT2D eigenvalue weighted by atomic mass is 35.5. The molecule has 144 valence electrons. The van der Waals surface area contributed by atoms with Gasteiger partial charge in [-0.3, -0.25) is 9.89 Å². The van der Waals surface area contributed by atoms with E-state index in [1.165, 1.54) is 0 Å². The number of nitrogens with one attached hydrogen (secondary N) is 2. The number of carbonyl (C=O) groups is 1. The Bertz CT molecular complexity index is 1000. The summed E-state index contributed by atoms with van der Waals surface area (Å²) in [6.45, 7) is 4.30. The predicted octanol–water partition coefficient (Wildman–Crippen LogP) is 5.11. The first kappa shape index (κ1) is 18.9. The fraction of sp³-hybridized carbons (Fsp3) is 0.238. The Balaban J connectivity index is 1.55. The third-order valence-corrected chi connectivity index (χ3v) is 6.51. The van der Waals surface area contributed by atoms with Gasteiger partial charge in [0, 0.05) is 21.8 Å². The summed E-state index contributed by atoms with van der Waals surface area (Å²) >= 11 is 7.80. The summed E-state index contributed by atoms with van der Waals surface area (Å²) in [5.74, 6) is 1.36. The Morgan fingerprint density at radius 2 is 1.93 bits per heavy atom. The van der Waals surface area contributed by atoms with Crippen LogP contribution in [0.1, 0.15) is 34.6 Å². The highest BCUT2D eigenvalue weighted by Crippen LogP contribution is 2.44. The molecule has 0 saturated carbocycles. The molecule has 2 atom stereocenters. The predicted molar refractivity (Wildman–Crippen MR) is 113 cm³/mol. The minimum Gasteiger partial charge on any atom is -0.489 e. The fourth-order valence-electron chi connectivity index (χ4n) is 3.17. The first-order valence-electron chi connectivity index (χ1n) is 9.00. The number of anilines is 1. The number of halogens is 1. The average molecular weight is 414 g/mol. The van der Waals surface area contributed by atoms with E-state index < -0.39 is 0 Å². The molecule has 1 aromatic heterocycles. The maximum absolute atomic E-state index is 12.2. The maximum atomic E-state index is 12.2. The Kier molecular flexibility index (Phi) is 5.33. The Labute approximate surface area is 172 Å². The van der Waals surface area contributed by atoms with E-state index in [0.29, 0.717) is 17.4 Å². The molecule has 0 aliphatic carbocycles. The summed E-state index contributed by atoms with van der Waals surface area (Å²) in [5, 5.41) is 10.7. The van der Waals surface area contributed by atoms with E-state index in [9.17, 15) is 4.79 Å². The molecule has 2 heterocycles. The van der Waals surface area contributed by atoms with Crippen LogP contribution in [-0.4, -0.2) is 21.4 Å². The van der Waals surface area contributed by atoms with Crippen LogP contribution in [0, 0.1) is 6.92 Å². The van der Waals surface area contributed by atoms with E-state index in [1.54, 1.807) is 11.8 Å². The van der Waals surface area contributed by atoms with Gasteiger partial charge in [0.05, 0.1) is 10.5 Å². The second-order valence-corrected chi connectivity index (χ2v) is 8.57. The molecule has 0 bridgehead atoms. The highest BCUT2D eigenvalue weighted by Gasteiger charge is 2.32. The summed E-state index contributed by atoms with van der Waals surface area (Å²) in [4.78, 5) is 12.2. The van der Waals surface area contributed by atoms with Crippen molar-refractivity contribution in [2.45, 2.75) is 31.0 Å². The van der Waals surface area contributed by atoms with Gasteiger partial charge in [0.25, 0.3) is 0 Å². The van der Waals surface area contributed by atoms with Gasteiger partial charge in [0.15, 0.2) is 5.82 Å². The number of hydrogen-bond acceptors (Lipinski definition) is 4. The van der Waals surface area contributed by atoms with Crippen molar-refractivity contribution in [3.63, 3.8) is 0 Å². The van der Waals surface area contributed by atoms with Gasteiger partial charge in [-0.2, -0.15) is 5.10 Å². The number of thioether (sulfide) groups is 1. The number of carbonyl (C=O) groups excluding carboxylic acids is 1. The zero-order valence-corrected chi connectivity index (χ0v) is 17.1. The van der Waals surface area contributed by atoms with Gasteiger partial charge in [-0.25, -0.2) is 0 Å². The lowest BCUT2D eigenvalue weighted by Gasteiger charge is -2.18. The van der Waals surface area contributed by atoms with Crippen molar-refractivity contribution in [3.05, 3.63) is 75.9 Å². The standard InChI is InChI=1S/C21H20ClN3O2S/c1-12-18-19(28-13(2)21(26)23-20(18)25-24-12)14-7-9-16(10-8-14)27-11-15-5-3-4-6-17(15)22/h3-10,13,19H,11H2,1-2H3,(H2,23,24,25,26)/t13-,19-/m1/s1. The number of aromatic amines is 1. The lowest BCUT2D eigenvalue weighted by molar-refractivity contribution is -0.115. The molecular formula is C21H20ClN3O2S. The first-order valence-corrected chi connectivity index (χ1v) is 10.3. The van der Waals surface area contributed by atoms with Crippen LogP contribution in [0.2, 0.25) is 5.02 Å². The molecule has 3 aromatic rings. The third kappa shape index (κ3) is 3.75. The monoisotopic (exact) mass is 413 g/mol. The van der Waals surface area contributed by atoms with Crippen LogP contribution < -0.4 is 10.1 Å². The number of amides is 1. The third-order valence-electron chi connectivity index (χ3n) is 4.74. The number of fused-ring (bicyclic) bond motifs is 1. The van der Waals surface area contributed by atoms with Gasteiger partial charge in [-0.1, -0.05) is 41.9 Å². The summed E-state index contributed by atoms with van der Waals surface area (Å²) in [7, 11) is 0. The van der Waals surface area contributed by atoms with Crippen molar-refractivity contribution in [3.8, 4) is 5.75 Å². The lowest BCUT2D eigenvalue weighted by atomic mass is 10.0. The van der Waals surface area contributed by atoms with E-state index in [2.05, 4.69) is 15.5 Å². The normalized spacial score (nSPS) is 18.9. The molecule has 2 aromatic carbocycles. The highest BCUT2D eigenvalue weighted by molar-refractivity contribution is 8.01. The summed E-state index contributed by atoms with van der Waals surface area (Å²) in [5.41, 5.74) is 4.03. The Morgan fingerprint density at radius 1 is 1.18 bits per heavy atom. The lowest BCUT2D eigenvalue weighted by Crippen LogP contribution is -2.21. The van der Waals surface area contributed by atoms with Crippen molar-refractivity contribution < 1.29 is 9.53 Å². The Hall–Kier alpha value is -2.44. The van der Waals surface area contributed by atoms with Crippen LogP contribution in [0.4, 0.5) is 5.82 Å². The molecule has 0 spiro atoms. The van der Waals surface area contributed by atoms with Crippen LogP contribution >= 0.6 is 23.4 Å². The van der Waals surface area contributed by atoms with Crippen molar-refractivity contribution in [2.75, 3.05) is 5.32 Å². The van der Waals surface area contributed by atoms with Gasteiger partial charge < -0.3 is 10.1 Å². The number of H-pyrrole nitrogens is 1. The molecular weight excluding hydrogens is 394 g/mol. The van der Waals surface area contributed by atoms with Crippen molar-refractivity contribution in [2.24, 2.45) is 0 Å². The van der Waals surface area contributed by atoms with E-state index in [4.69, 9.17) is 16.3 Å². The largest absolute Gasteiger partial charge is 0.489 e. The quantitative estimate of drug-likeness (QED) is 0.623. The minimum atomic E-state index is -0.172. The summed E-state index contributed by atoms with van der Waals surface area (Å²) < 4.78 is 5.88. The van der Waals surface area contributed by atoms with E-state index >= 15 is 0 Å². The number of rotatable bonds is 4. The Morgan fingerprint density at radius 3 is 2.68 bits per heavy atom. The number of benzene rings is 2. The number of aryl methyl sites for hydroxylation is 1. The molecule has 2 N–H and O–H groups in total. The number of ether oxygens (including phenoxy) is 1. The molecule has 0 fully saturated rings. The molecule has 7 heteroatoms. The molecule has 0 radical (unpaired) electrons. The first-order chi connectivity index (χ1) is 13.5. The maximum Gasteiger partial charge on any atom is 0.238 e. The second-order valence-electron chi connectivity index (χ2n) is 6.71. The molecule has 1 aliphatic rings. The average Bonchev–Trinajstić information content (AvgIpc) is 2.99. The molecule has 28 heavy (non-hydrogen) atoms. The van der Waals surface area contributed by atoms with Crippen LogP contribution in [0.15, 0.2) is 48.5 Å². The van der Waals surface area contributed by atoms with Gasteiger partial charge >= 0.3 is 0 Å². The zero-order valence-electron chi connectivity index (χ0n) is 15.5. The smallest absolute Gasteiger partial charge is 0.238 e. The fourth-order valence-corrected chi connectivity index (χ4v) is 4.69. The van der Waals surface area contributed by atoms with Gasteiger partial charge in [-0.05, 0) is 37.6 Å². The minimum absolute atomic E-state index is 0.0142. The van der Waals surface area contributed by atoms with Gasteiger partial charge in [0.2, 0.25) is 5.91 Å². The SMILES string of the molecule is Cc1[nH]nc2c1[C@@H](c1ccc(OCc3ccccc3Cl)cc1)S[C@H](C)C(=O)N2. The molecule has 0 saturated heterocycles. The van der Waals surface area contributed by atoms with Gasteiger partial charge in [-0.15, -0.1) is 11.8 Å². The number of aromatic nitrogens is 2. The number of hydrogen-bond donors (Lipinski definition) is 2. The zero-order chi connectivity index (χ0) is 19.7. The number of nitrogens with zero attached hydrogens (tertiary/aromatic N) is 1. The topological polar surface area (TPSA) is 67.0 Å². The van der Waals surface area contributed by atoms with Crippen LogP contribution in [0.5, 0.6) is 5.75 Å². The molecule has 4 rings (SSSR count). The molecule has 1 aliphatic heterocycles. The molecule has 1 amide bonds. The van der Waals surface area contributed by atoms with Crippen molar-refractivity contribution >= 4 is 35.1 Å². The van der Waals surface area contributed by atoms with Crippen LogP contribution in [0.3, 0.4) is 0 Å². The summed E-state index contributed by atoms with van der Waals surface area (Å²) in [6, 6.07) is 15.6. The molecule has 0 unspecified atom stereocenters. The molecule has 5 nitrogen and oxygen atoms in total. The van der Waals surface area contributed by atoms with Crippen molar-refractivity contribution in [1.29, 1.82) is 0 Å². The van der Waals surface area contributed by atoms with Crippen LogP contribution in [0.25, 0.3) is 0 Å².